The summed E-state index contributed by atoms with van der Waals surface area (Å²) in [6, 6.07) is 20.4. The predicted octanol–water partition coefficient (Wildman–Crippen LogP) is 9.18. The molecule has 3 aromatic carbocycles. The second-order valence-electron chi connectivity index (χ2n) is 16.0. The highest BCUT2D eigenvalue weighted by Crippen LogP contribution is 2.33. The molecular weight excluding hydrogens is 931 g/mol. The van der Waals surface area contributed by atoms with Crippen LogP contribution < -0.4 is 14.7 Å². The number of nitro groups is 3. The van der Waals surface area contributed by atoms with Gasteiger partial charge < -0.3 is 28.8 Å². The molecule has 0 radical (unpaired) electrons. The third-order valence-corrected chi connectivity index (χ3v) is 12.1. The number of aromatic nitrogens is 6. The van der Waals surface area contributed by atoms with Crippen LogP contribution in [0.4, 0.5) is 34.1 Å². The van der Waals surface area contributed by atoms with Gasteiger partial charge in [0.05, 0.1) is 39.4 Å². The Morgan fingerprint density at radius 2 is 0.969 bits per heavy atom. The largest absolute Gasteiger partial charge is 0.371 e. The number of aryl methyl sites for hydroxylation is 2. The molecule has 338 valence electrons. The Bertz CT molecular complexity index is 2370. The molecule has 3 aromatic heterocycles. The van der Waals surface area contributed by atoms with Crippen LogP contribution in [0.15, 0.2) is 110 Å². The number of rotatable bonds is 9. The lowest BCUT2D eigenvalue weighted by Crippen LogP contribution is -2.33. The molecule has 0 spiro atoms. The molecule has 64 heavy (non-hydrogen) atoms. The van der Waals surface area contributed by atoms with Crippen molar-refractivity contribution in [1.82, 2.24) is 29.1 Å². The van der Waals surface area contributed by atoms with Crippen molar-refractivity contribution in [3.8, 4) is 0 Å². The number of hydrogen-bond acceptors (Lipinski definition) is 12. The summed E-state index contributed by atoms with van der Waals surface area (Å²) < 4.78 is 4.07. The highest BCUT2D eigenvalue weighted by atomic mass is 127. The van der Waals surface area contributed by atoms with E-state index in [-0.39, 0.29) is 31.8 Å². The number of benzene rings is 3. The highest BCUT2D eigenvalue weighted by molar-refractivity contribution is 14.1. The number of alkyl halides is 1. The Hall–Kier alpha value is -6.38. The van der Waals surface area contributed by atoms with Gasteiger partial charge >= 0.3 is 0 Å². The van der Waals surface area contributed by atoms with Crippen molar-refractivity contribution in [2.75, 3.05) is 58.9 Å². The summed E-state index contributed by atoms with van der Waals surface area (Å²) >= 11 is 2.15. The van der Waals surface area contributed by atoms with Crippen LogP contribution in [0.1, 0.15) is 73.4 Å². The third-order valence-electron chi connectivity index (χ3n) is 12.1. The topological polar surface area (TPSA) is 203 Å². The van der Waals surface area contributed by atoms with Crippen LogP contribution in [0.2, 0.25) is 0 Å². The fraction of sp³-hybridized carbons (Fsp3) is 0.400. The van der Waals surface area contributed by atoms with Gasteiger partial charge in [0.15, 0.2) is 0 Å². The molecule has 1 N–H and O–H groups in total. The second kappa shape index (κ2) is 22.8. The number of nitrogens with zero attached hydrogens (tertiary/aromatic N) is 11. The maximum Gasteiger partial charge on any atom is 0.269 e. The lowest BCUT2D eigenvalue weighted by Gasteiger charge is -2.33. The molecule has 9 rings (SSSR count). The van der Waals surface area contributed by atoms with Crippen molar-refractivity contribution in [1.29, 1.82) is 0 Å². The summed E-state index contributed by atoms with van der Waals surface area (Å²) in [7, 11) is 4.02. The van der Waals surface area contributed by atoms with Crippen LogP contribution in [0, 0.1) is 30.3 Å². The number of piperidine rings is 3. The molecule has 6 heterocycles. The molecule has 0 amide bonds. The van der Waals surface area contributed by atoms with E-state index in [1.807, 2.05) is 85.0 Å². The van der Waals surface area contributed by atoms with Crippen LogP contribution in [-0.2, 0) is 14.1 Å². The molecule has 3 aliphatic rings. The molecule has 19 heteroatoms. The van der Waals surface area contributed by atoms with E-state index in [4.69, 9.17) is 0 Å². The van der Waals surface area contributed by atoms with E-state index < -0.39 is 0 Å². The summed E-state index contributed by atoms with van der Waals surface area (Å²) in [4.78, 5) is 55.6. The Morgan fingerprint density at radius 3 is 1.30 bits per heavy atom. The van der Waals surface area contributed by atoms with Crippen LogP contribution in [-0.4, -0.2) is 88.0 Å². The fourth-order valence-corrected chi connectivity index (χ4v) is 8.57. The summed E-state index contributed by atoms with van der Waals surface area (Å²) in [6.45, 7) is 5.77. The number of halogens is 1. The second-order valence-corrected chi connectivity index (χ2v) is 16.0. The van der Waals surface area contributed by atoms with Gasteiger partial charge in [-0.2, -0.15) is 0 Å². The maximum absolute atomic E-state index is 10.7. The summed E-state index contributed by atoms with van der Waals surface area (Å²) in [6.07, 6.45) is 17.8. The van der Waals surface area contributed by atoms with E-state index in [1.165, 1.54) is 17.1 Å². The first-order valence-electron chi connectivity index (χ1n) is 21.3. The van der Waals surface area contributed by atoms with Crippen molar-refractivity contribution in [2.24, 2.45) is 14.1 Å². The standard InChI is InChI=1S/2C15H18N4O2.C14H16N4O2.CH3I/c1-17-10-15(16-11-17)12-6-8-18(9-7-12)13-2-4-14(5-3-13)19(20)21;1-17-11-16-10-15(17)12-6-8-18(9-7-12)13-2-4-14(5-3-13)19(20)21;19-18(20)13-3-1-12(2-4-13)17-7-5-11(6-8-17)14-9-15-10-16-14;1-2/h2*2-5,10-12H,6-9H2,1H3;1-4,9-11H,5-8H2,(H,15,16);1H3. The Labute approximate surface area is 385 Å². The summed E-state index contributed by atoms with van der Waals surface area (Å²) in [5.74, 6) is 1.60. The minimum Gasteiger partial charge on any atom is -0.371 e. The number of aromatic amines is 1. The quantitative estimate of drug-likeness (QED) is 0.0624. The number of non-ortho nitro benzene ring substituents is 3. The van der Waals surface area contributed by atoms with Crippen LogP contribution in [0.5, 0.6) is 0 Å². The Morgan fingerprint density at radius 1 is 0.562 bits per heavy atom. The predicted molar refractivity (Wildman–Crippen MR) is 257 cm³/mol. The lowest BCUT2D eigenvalue weighted by atomic mass is 9.93. The number of nitro benzene ring substituents is 3. The molecular formula is C45H55IN12O6. The van der Waals surface area contributed by atoms with Gasteiger partial charge in [0.2, 0.25) is 0 Å². The number of nitrogens with one attached hydrogen (secondary N) is 1. The van der Waals surface area contributed by atoms with Gasteiger partial charge in [-0.05, 0) is 79.9 Å². The third kappa shape index (κ3) is 12.4. The molecule has 3 fully saturated rings. The van der Waals surface area contributed by atoms with Crippen molar-refractivity contribution in [3.05, 3.63) is 158 Å². The average molecular weight is 987 g/mol. The summed E-state index contributed by atoms with van der Waals surface area (Å²) in [5, 5.41) is 32.0. The van der Waals surface area contributed by atoms with Crippen LogP contribution in [0.25, 0.3) is 0 Å². The van der Waals surface area contributed by atoms with Crippen LogP contribution in [0.3, 0.4) is 0 Å². The van der Waals surface area contributed by atoms with E-state index in [1.54, 1.807) is 42.7 Å². The van der Waals surface area contributed by atoms with Gasteiger partial charge in [-0.3, -0.25) is 30.3 Å². The SMILES string of the molecule is CI.Cn1cnc(C2CCN(c3ccc([N+](=O)[O-])cc3)CC2)c1.Cn1cncc1C1CCN(c2ccc([N+](=O)[O-])cc2)CC1.O=[N+]([O-])c1ccc(N2CCC(c3cnc[nH]3)CC2)cc1. The number of hydrogen-bond donors (Lipinski definition) is 1. The van der Waals surface area contributed by atoms with E-state index in [9.17, 15) is 30.3 Å². The van der Waals surface area contributed by atoms with Gasteiger partial charge in [-0.1, -0.05) is 22.6 Å². The van der Waals surface area contributed by atoms with Crippen molar-refractivity contribution in [3.63, 3.8) is 0 Å². The van der Waals surface area contributed by atoms with Gasteiger partial charge in [-0.15, -0.1) is 0 Å². The zero-order valence-corrected chi connectivity index (χ0v) is 38.5. The smallest absolute Gasteiger partial charge is 0.269 e. The monoisotopic (exact) mass is 986 g/mol. The molecule has 18 nitrogen and oxygen atoms in total. The molecule has 0 atom stereocenters. The highest BCUT2D eigenvalue weighted by Gasteiger charge is 2.25. The van der Waals surface area contributed by atoms with E-state index in [0.717, 1.165) is 94.9 Å². The van der Waals surface area contributed by atoms with E-state index in [2.05, 4.69) is 68.0 Å². The minimum atomic E-state index is -0.367. The average Bonchev–Trinajstić information content (AvgIpc) is 4.14. The molecule has 0 unspecified atom stereocenters. The van der Waals surface area contributed by atoms with Crippen LogP contribution >= 0.6 is 22.6 Å². The first kappa shape index (κ1) is 47.1. The molecule has 0 saturated carbocycles. The van der Waals surface area contributed by atoms with Crippen molar-refractivity contribution >= 4 is 56.7 Å². The van der Waals surface area contributed by atoms with E-state index in [0.29, 0.717) is 17.8 Å². The molecule has 0 aliphatic carbocycles. The molecule has 6 aromatic rings. The van der Waals surface area contributed by atoms with Gasteiger partial charge in [0.1, 0.15) is 0 Å². The fourth-order valence-electron chi connectivity index (χ4n) is 8.57. The number of H-pyrrole nitrogens is 1. The zero-order chi connectivity index (χ0) is 45.6. The Balaban J connectivity index is 0.000000156. The number of anilines is 3. The first-order chi connectivity index (χ1) is 31.0. The van der Waals surface area contributed by atoms with Crippen molar-refractivity contribution < 1.29 is 14.8 Å². The maximum atomic E-state index is 10.7. The van der Waals surface area contributed by atoms with Gasteiger partial charge in [-0.25, -0.2) is 15.0 Å². The Kier molecular flexibility index (Phi) is 16.8. The minimum absolute atomic E-state index is 0.140. The van der Waals surface area contributed by atoms with Crippen molar-refractivity contribution in [2.45, 2.75) is 56.3 Å². The molecule has 3 saturated heterocycles. The van der Waals surface area contributed by atoms with Gasteiger partial charge in [0.25, 0.3) is 17.1 Å². The lowest BCUT2D eigenvalue weighted by molar-refractivity contribution is -0.385. The normalized spacial score (nSPS) is 15.8. The first-order valence-corrected chi connectivity index (χ1v) is 23.5. The summed E-state index contributed by atoms with van der Waals surface area (Å²) in [5.41, 5.74) is 7.25. The molecule has 0 bridgehead atoms. The molecule has 3 aliphatic heterocycles. The zero-order valence-electron chi connectivity index (χ0n) is 36.4. The number of imidazole rings is 3. The van der Waals surface area contributed by atoms with Gasteiger partial charge in [0, 0.05) is 155 Å². The van der Waals surface area contributed by atoms with E-state index >= 15 is 0 Å².